The number of para-hydroxylation sites is 1. The summed E-state index contributed by atoms with van der Waals surface area (Å²) in [5, 5.41) is 28.4. The van der Waals surface area contributed by atoms with Crippen molar-refractivity contribution in [3.8, 4) is 5.75 Å². The molecule has 0 unspecified atom stereocenters. The zero-order valence-corrected chi connectivity index (χ0v) is 25.0. The number of carbonyl (C=O) groups is 1. The van der Waals surface area contributed by atoms with E-state index in [2.05, 4.69) is 25.4 Å². The molecule has 2 aromatic heterocycles. The standard InChI is InChI=1S/C27H37N6O8P/c1-15(2)39-25(35)16(3)32-42(37,41-19-9-7-6-8-10-19)38-13-20-22(34)27(5,36)26(40-20)33-14-28-21-23(31-18-11-12-18)29-17(4)30-24(21)33/h6-10,14-16,18,20,22,26,34,36H,11-13H2,1-5H3,(H,32,37)(H,29,30,31)/t16-,20+,22+,26+,27+,42+/m0/s1. The maximum atomic E-state index is 13.9. The van der Waals surface area contributed by atoms with E-state index in [9.17, 15) is 19.6 Å². The number of aryl methyl sites for hydroxylation is 1. The molecule has 1 aliphatic carbocycles. The molecule has 3 heterocycles. The van der Waals surface area contributed by atoms with E-state index in [1.165, 1.54) is 24.7 Å². The molecule has 2 fully saturated rings. The molecule has 6 atom stereocenters. The second-order valence-corrected chi connectivity index (χ2v) is 12.8. The van der Waals surface area contributed by atoms with Gasteiger partial charge in [-0.05, 0) is 59.6 Å². The van der Waals surface area contributed by atoms with Gasteiger partial charge < -0.3 is 29.5 Å². The van der Waals surface area contributed by atoms with Crippen LogP contribution in [0.4, 0.5) is 5.82 Å². The number of nitrogens with zero attached hydrogens (tertiary/aromatic N) is 4. The largest absolute Gasteiger partial charge is 0.462 e. The summed E-state index contributed by atoms with van der Waals surface area (Å²) in [6, 6.07) is 7.58. The molecule has 1 saturated heterocycles. The van der Waals surface area contributed by atoms with Crippen molar-refractivity contribution in [2.24, 2.45) is 0 Å². The minimum absolute atomic E-state index is 0.228. The van der Waals surface area contributed by atoms with Crippen LogP contribution < -0.4 is 14.9 Å². The summed E-state index contributed by atoms with van der Waals surface area (Å²) in [5.74, 6) is 0.671. The molecule has 0 spiro atoms. The number of anilines is 1. The van der Waals surface area contributed by atoms with Crippen LogP contribution in [0.25, 0.3) is 11.2 Å². The Morgan fingerprint density at radius 1 is 1.24 bits per heavy atom. The van der Waals surface area contributed by atoms with Gasteiger partial charge in [0, 0.05) is 6.04 Å². The molecule has 0 amide bonds. The Balaban J connectivity index is 1.36. The molecule has 3 aromatic rings. The van der Waals surface area contributed by atoms with E-state index in [1.807, 2.05) is 0 Å². The molecule has 5 rings (SSSR count). The summed E-state index contributed by atoms with van der Waals surface area (Å²) < 4.78 is 38.1. The molecular weight excluding hydrogens is 567 g/mol. The highest BCUT2D eigenvalue weighted by Crippen LogP contribution is 2.47. The summed E-state index contributed by atoms with van der Waals surface area (Å²) in [4.78, 5) is 25.9. The van der Waals surface area contributed by atoms with Crippen LogP contribution in [0.3, 0.4) is 0 Å². The second kappa shape index (κ2) is 11.9. The van der Waals surface area contributed by atoms with Crippen LogP contribution in [0.1, 0.15) is 52.6 Å². The summed E-state index contributed by atoms with van der Waals surface area (Å²) in [6.45, 7) is 7.59. The summed E-state index contributed by atoms with van der Waals surface area (Å²) >= 11 is 0. The van der Waals surface area contributed by atoms with Crippen LogP contribution in [0.15, 0.2) is 36.7 Å². The predicted molar refractivity (Wildman–Crippen MR) is 152 cm³/mol. The number of hydrogen-bond acceptors (Lipinski definition) is 12. The minimum Gasteiger partial charge on any atom is -0.462 e. The molecular formula is C27H37N6O8P. The monoisotopic (exact) mass is 604 g/mol. The highest BCUT2D eigenvalue weighted by atomic mass is 31.2. The fourth-order valence-corrected chi connectivity index (χ4v) is 6.10. The highest BCUT2D eigenvalue weighted by molar-refractivity contribution is 7.52. The van der Waals surface area contributed by atoms with E-state index >= 15 is 0 Å². The van der Waals surface area contributed by atoms with Gasteiger partial charge in [-0.25, -0.2) is 19.5 Å². The quantitative estimate of drug-likeness (QED) is 0.175. The Labute approximate surface area is 243 Å². The number of rotatable bonds is 12. The molecule has 228 valence electrons. The van der Waals surface area contributed by atoms with E-state index in [4.69, 9.17) is 18.5 Å². The first-order chi connectivity index (χ1) is 19.9. The SMILES string of the molecule is Cc1nc(NC2CC2)c2ncn([C@@H]3O[C@H](CO[P@](=O)(N[C@@H](C)C(=O)OC(C)C)Oc4ccccc4)[C@@H](O)[C@@]3(C)O)c2n1. The highest BCUT2D eigenvalue weighted by Gasteiger charge is 2.54. The molecule has 1 aliphatic heterocycles. The number of aromatic nitrogens is 4. The van der Waals surface area contributed by atoms with Crippen molar-refractivity contribution in [3.05, 3.63) is 42.5 Å². The summed E-state index contributed by atoms with van der Waals surface area (Å²) in [7, 11) is -4.23. The lowest BCUT2D eigenvalue weighted by Crippen LogP contribution is -2.44. The van der Waals surface area contributed by atoms with Crippen molar-refractivity contribution < 1.29 is 38.1 Å². The van der Waals surface area contributed by atoms with E-state index in [1.54, 1.807) is 51.1 Å². The zero-order chi connectivity index (χ0) is 30.2. The zero-order valence-electron chi connectivity index (χ0n) is 24.1. The lowest BCUT2D eigenvalue weighted by atomic mass is 9.96. The van der Waals surface area contributed by atoms with Crippen molar-refractivity contribution in [3.63, 3.8) is 0 Å². The van der Waals surface area contributed by atoms with Gasteiger partial charge in [-0.2, -0.15) is 5.09 Å². The average Bonchev–Trinajstić information content (AvgIpc) is 3.59. The van der Waals surface area contributed by atoms with Crippen LogP contribution in [-0.4, -0.2) is 78.3 Å². The first-order valence-corrected chi connectivity index (χ1v) is 15.4. The minimum atomic E-state index is -4.23. The molecule has 0 bridgehead atoms. The number of fused-ring (bicyclic) bond motifs is 1. The number of hydrogen-bond donors (Lipinski definition) is 4. The number of aliphatic hydroxyl groups excluding tert-OH is 1. The fraction of sp³-hybridized carbons (Fsp3) is 0.556. The predicted octanol–water partition coefficient (Wildman–Crippen LogP) is 2.85. The number of aliphatic hydroxyl groups is 2. The van der Waals surface area contributed by atoms with Crippen LogP contribution in [0.2, 0.25) is 0 Å². The lowest BCUT2D eigenvalue weighted by molar-refractivity contribution is -0.149. The molecule has 2 aliphatic rings. The molecule has 4 N–H and O–H groups in total. The Morgan fingerprint density at radius 2 is 1.95 bits per heavy atom. The van der Waals surface area contributed by atoms with E-state index in [0.29, 0.717) is 28.8 Å². The number of carbonyl (C=O) groups excluding carboxylic acids is 1. The summed E-state index contributed by atoms with van der Waals surface area (Å²) in [6.07, 6.45) is -0.529. The van der Waals surface area contributed by atoms with Gasteiger partial charge in [0.05, 0.1) is 19.0 Å². The maximum Gasteiger partial charge on any atom is 0.459 e. The smallest absolute Gasteiger partial charge is 0.459 e. The molecule has 14 nitrogen and oxygen atoms in total. The number of ether oxygens (including phenoxy) is 2. The van der Waals surface area contributed by atoms with Crippen molar-refractivity contribution >= 4 is 30.7 Å². The van der Waals surface area contributed by atoms with Crippen LogP contribution in [-0.2, 0) is 23.4 Å². The van der Waals surface area contributed by atoms with Crippen LogP contribution in [0, 0.1) is 6.92 Å². The normalized spacial score (nSPS) is 26.2. The van der Waals surface area contributed by atoms with Crippen molar-refractivity contribution in [1.29, 1.82) is 0 Å². The number of benzene rings is 1. The van der Waals surface area contributed by atoms with Crippen molar-refractivity contribution in [1.82, 2.24) is 24.6 Å². The third kappa shape index (κ3) is 6.59. The fourth-order valence-electron chi connectivity index (χ4n) is 4.60. The van der Waals surface area contributed by atoms with Crippen molar-refractivity contribution in [2.75, 3.05) is 11.9 Å². The molecule has 0 radical (unpaired) electrons. The van der Waals surface area contributed by atoms with Gasteiger partial charge in [-0.1, -0.05) is 18.2 Å². The molecule has 15 heteroatoms. The molecule has 42 heavy (non-hydrogen) atoms. The third-order valence-corrected chi connectivity index (χ3v) is 8.54. The Bertz CT molecular complexity index is 1460. The van der Waals surface area contributed by atoms with Gasteiger partial charge in [-0.3, -0.25) is 13.9 Å². The lowest BCUT2D eigenvalue weighted by Gasteiger charge is -2.27. The van der Waals surface area contributed by atoms with Gasteiger partial charge in [0.25, 0.3) is 0 Å². The molecule has 1 aromatic carbocycles. The first-order valence-electron chi connectivity index (χ1n) is 13.9. The molecule has 1 saturated carbocycles. The number of esters is 1. The van der Waals surface area contributed by atoms with Gasteiger partial charge in [-0.15, -0.1) is 0 Å². The topological polar surface area (TPSA) is 179 Å². The second-order valence-electron chi connectivity index (χ2n) is 11.1. The van der Waals surface area contributed by atoms with Crippen molar-refractivity contribution in [2.45, 2.75) is 89.7 Å². The Hall–Kier alpha value is -3.13. The van der Waals surface area contributed by atoms with E-state index in [0.717, 1.165) is 12.8 Å². The number of imidazole rings is 1. The van der Waals surface area contributed by atoms with Gasteiger partial charge in [0.1, 0.15) is 35.4 Å². The van der Waals surface area contributed by atoms with Crippen LogP contribution >= 0.6 is 7.75 Å². The summed E-state index contributed by atoms with van der Waals surface area (Å²) in [5.41, 5.74) is -0.883. The Morgan fingerprint density at radius 3 is 2.62 bits per heavy atom. The third-order valence-electron chi connectivity index (χ3n) is 6.89. The first kappa shape index (κ1) is 30.3. The number of nitrogens with one attached hydrogen (secondary N) is 2. The Kier molecular flexibility index (Phi) is 8.57. The van der Waals surface area contributed by atoms with Gasteiger partial charge in [0.2, 0.25) is 0 Å². The van der Waals surface area contributed by atoms with E-state index < -0.39 is 50.4 Å². The average molecular weight is 605 g/mol. The van der Waals surface area contributed by atoms with Gasteiger partial charge >= 0.3 is 13.7 Å². The van der Waals surface area contributed by atoms with Gasteiger partial charge in [0.15, 0.2) is 23.2 Å². The maximum absolute atomic E-state index is 13.9. The van der Waals surface area contributed by atoms with E-state index in [-0.39, 0.29) is 11.9 Å². The van der Waals surface area contributed by atoms with Crippen LogP contribution in [0.5, 0.6) is 5.75 Å².